The fourth-order valence-electron chi connectivity index (χ4n) is 0.367. The average Bonchev–Trinajstić information content (AvgIpc) is 1.79. The highest BCUT2D eigenvalue weighted by molar-refractivity contribution is 7.80. The minimum atomic E-state index is -4.28. The van der Waals surface area contributed by atoms with E-state index >= 15 is 0 Å². The average molecular weight is 184 g/mol. The maximum absolute atomic E-state index is 11.5. The molecule has 11 heavy (non-hydrogen) atoms. The predicted octanol–water partition coefficient (Wildman–Crippen LogP) is 2.47. The van der Waals surface area contributed by atoms with E-state index in [1.807, 2.05) is 0 Å². The highest BCUT2D eigenvalue weighted by Crippen LogP contribution is 2.20. The molecule has 0 aromatic heterocycles. The topological polar surface area (TPSA) is 9.23 Å². The lowest BCUT2D eigenvalue weighted by Gasteiger charge is -2.07. The molecule has 0 bridgehead atoms. The second-order valence-corrected chi connectivity index (χ2v) is 2.22. The van der Waals surface area contributed by atoms with Gasteiger partial charge in [0, 0.05) is 0 Å². The Morgan fingerprint density at radius 3 is 2.45 bits per heavy atom. The zero-order chi connectivity index (χ0) is 8.91. The zero-order valence-corrected chi connectivity index (χ0v) is 6.47. The van der Waals surface area contributed by atoms with Gasteiger partial charge < -0.3 is 4.74 Å². The van der Waals surface area contributed by atoms with Crippen molar-refractivity contribution < 1.29 is 17.9 Å². The van der Waals surface area contributed by atoms with Gasteiger partial charge in [-0.1, -0.05) is 12.7 Å². The third kappa shape index (κ3) is 7.32. The van der Waals surface area contributed by atoms with E-state index in [1.165, 1.54) is 6.08 Å². The number of ether oxygens (including phenoxy) is 1. The molecule has 0 fully saturated rings. The van der Waals surface area contributed by atoms with Crippen LogP contribution in [-0.4, -0.2) is 17.8 Å². The first kappa shape index (κ1) is 10.4. The van der Waals surface area contributed by atoms with Crippen LogP contribution in [0.5, 0.6) is 0 Å². The molecule has 0 aliphatic rings. The van der Waals surface area contributed by atoms with Crippen molar-refractivity contribution in [3.63, 3.8) is 0 Å². The van der Waals surface area contributed by atoms with Crippen molar-refractivity contribution in [1.29, 1.82) is 0 Å². The Balaban J connectivity index is 3.61. The Morgan fingerprint density at radius 2 is 2.09 bits per heavy atom. The van der Waals surface area contributed by atoms with E-state index in [0.29, 0.717) is 0 Å². The molecule has 0 aromatic rings. The molecule has 64 valence electrons. The van der Waals surface area contributed by atoms with Gasteiger partial charge in [-0.05, 0) is 12.2 Å². The molecule has 0 radical (unpaired) electrons. The Hall–Kier alpha value is -0.580. The third-order valence-electron chi connectivity index (χ3n) is 0.707. The van der Waals surface area contributed by atoms with Crippen LogP contribution in [0.25, 0.3) is 0 Å². The second-order valence-electron chi connectivity index (χ2n) is 1.76. The smallest absolute Gasteiger partial charge is 0.396 e. The van der Waals surface area contributed by atoms with Crippen molar-refractivity contribution in [3.05, 3.63) is 12.7 Å². The summed E-state index contributed by atoms with van der Waals surface area (Å²) in [5.74, 6) is 0. The molecule has 0 rings (SSSR count). The summed E-state index contributed by atoms with van der Waals surface area (Å²) in [6, 6.07) is 0. The summed E-state index contributed by atoms with van der Waals surface area (Å²) in [5, 5.41) is -0.447. The molecular formula is C6H7F3OS. The van der Waals surface area contributed by atoms with Crippen LogP contribution in [-0.2, 0) is 4.74 Å². The second kappa shape index (κ2) is 4.33. The molecule has 0 spiro atoms. The van der Waals surface area contributed by atoms with Crippen LogP contribution in [0.1, 0.15) is 6.42 Å². The van der Waals surface area contributed by atoms with E-state index in [-0.39, 0.29) is 6.61 Å². The van der Waals surface area contributed by atoms with E-state index in [9.17, 15) is 13.2 Å². The van der Waals surface area contributed by atoms with Crippen molar-refractivity contribution in [2.75, 3.05) is 6.61 Å². The number of halogens is 3. The van der Waals surface area contributed by atoms with Crippen LogP contribution >= 0.6 is 12.2 Å². The summed E-state index contributed by atoms with van der Waals surface area (Å²) in [4.78, 5) is 0. The lowest BCUT2D eigenvalue weighted by Crippen LogP contribution is -2.15. The molecule has 5 heteroatoms. The minimum absolute atomic E-state index is 0.0227. The summed E-state index contributed by atoms with van der Waals surface area (Å²) in [6.07, 6.45) is -4.11. The van der Waals surface area contributed by atoms with Crippen LogP contribution in [0.15, 0.2) is 12.7 Å². The van der Waals surface area contributed by atoms with Crippen LogP contribution in [0.4, 0.5) is 13.2 Å². The first-order chi connectivity index (χ1) is 4.95. The lowest BCUT2D eigenvalue weighted by atomic mass is 10.4. The molecular weight excluding hydrogens is 177 g/mol. The molecule has 0 saturated carbocycles. The third-order valence-corrected chi connectivity index (χ3v) is 0.969. The molecule has 0 amide bonds. The van der Waals surface area contributed by atoms with Gasteiger partial charge in [0.2, 0.25) is 0 Å². The maximum Gasteiger partial charge on any atom is 0.396 e. The standard InChI is InChI=1S/C6H7F3OS/c1-2-3-10-5(11)4-6(7,8)9/h2H,1,3-4H2. The van der Waals surface area contributed by atoms with Gasteiger partial charge in [-0.2, -0.15) is 13.2 Å². The number of hydrogen-bond acceptors (Lipinski definition) is 2. The Morgan fingerprint density at radius 1 is 1.55 bits per heavy atom. The lowest BCUT2D eigenvalue weighted by molar-refractivity contribution is -0.123. The summed E-state index contributed by atoms with van der Waals surface area (Å²) in [6.45, 7) is 3.29. The predicted molar refractivity (Wildman–Crippen MR) is 39.4 cm³/mol. The molecule has 0 atom stereocenters. The first-order valence-corrected chi connectivity index (χ1v) is 3.20. The highest BCUT2D eigenvalue weighted by atomic mass is 32.1. The molecule has 0 saturated heterocycles. The maximum atomic E-state index is 11.5. The number of alkyl halides is 3. The van der Waals surface area contributed by atoms with Gasteiger partial charge in [-0.3, -0.25) is 0 Å². The van der Waals surface area contributed by atoms with Crippen LogP contribution in [0.3, 0.4) is 0 Å². The van der Waals surface area contributed by atoms with Gasteiger partial charge >= 0.3 is 6.18 Å². The summed E-state index contributed by atoms with van der Waals surface area (Å²) < 4.78 is 39.1. The van der Waals surface area contributed by atoms with Gasteiger partial charge in [0.1, 0.15) is 13.0 Å². The Kier molecular flexibility index (Phi) is 4.10. The number of rotatable bonds is 3. The highest BCUT2D eigenvalue weighted by Gasteiger charge is 2.29. The van der Waals surface area contributed by atoms with Gasteiger partial charge in [-0.25, -0.2) is 0 Å². The molecule has 0 aliphatic carbocycles. The molecule has 0 aliphatic heterocycles. The summed E-state index contributed by atoms with van der Waals surface area (Å²) in [5.41, 5.74) is 0. The SMILES string of the molecule is C=CCOC(=S)CC(F)(F)F. The van der Waals surface area contributed by atoms with Crippen molar-refractivity contribution in [2.45, 2.75) is 12.6 Å². The molecule has 0 heterocycles. The van der Waals surface area contributed by atoms with Crippen LogP contribution in [0.2, 0.25) is 0 Å². The largest absolute Gasteiger partial charge is 0.483 e. The molecule has 0 unspecified atom stereocenters. The Bertz CT molecular complexity index is 152. The van der Waals surface area contributed by atoms with E-state index < -0.39 is 17.6 Å². The van der Waals surface area contributed by atoms with E-state index in [4.69, 9.17) is 0 Å². The normalized spacial score (nSPS) is 10.8. The van der Waals surface area contributed by atoms with E-state index in [2.05, 4.69) is 23.5 Å². The summed E-state index contributed by atoms with van der Waals surface area (Å²) in [7, 11) is 0. The van der Waals surface area contributed by atoms with Gasteiger partial charge in [0.25, 0.3) is 0 Å². The summed E-state index contributed by atoms with van der Waals surface area (Å²) >= 11 is 4.28. The van der Waals surface area contributed by atoms with E-state index in [1.54, 1.807) is 0 Å². The van der Waals surface area contributed by atoms with Crippen LogP contribution < -0.4 is 0 Å². The molecule has 1 nitrogen and oxygen atoms in total. The monoisotopic (exact) mass is 184 g/mol. The number of thiocarbonyl (C=S) groups is 1. The fourth-order valence-corrected chi connectivity index (χ4v) is 0.598. The number of hydrogen-bond donors (Lipinski definition) is 0. The minimum Gasteiger partial charge on any atom is -0.483 e. The van der Waals surface area contributed by atoms with Gasteiger partial charge in [0.05, 0.1) is 0 Å². The Labute approximate surface area is 67.8 Å². The quantitative estimate of drug-likeness (QED) is 0.492. The fraction of sp³-hybridized carbons (Fsp3) is 0.500. The van der Waals surface area contributed by atoms with Gasteiger partial charge in [0.15, 0.2) is 5.05 Å². The van der Waals surface area contributed by atoms with Crippen molar-refractivity contribution >= 4 is 17.3 Å². The van der Waals surface area contributed by atoms with Gasteiger partial charge in [-0.15, -0.1) is 0 Å². The molecule has 0 aromatic carbocycles. The van der Waals surface area contributed by atoms with Crippen molar-refractivity contribution in [2.24, 2.45) is 0 Å². The van der Waals surface area contributed by atoms with Crippen molar-refractivity contribution in [3.8, 4) is 0 Å². The first-order valence-electron chi connectivity index (χ1n) is 2.79. The molecule has 0 N–H and O–H groups in total. The van der Waals surface area contributed by atoms with Crippen LogP contribution in [0, 0.1) is 0 Å². The van der Waals surface area contributed by atoms with Crippen molar-refractivity contribution in [1.82, 2.24) is 0 Å². The zero-order valence-electron chi connectivity index (χ0n) is 5.65. The van der Waals surface area contributed by atoms with E-state index in [0.717, 1.165) is 0 Å².